The van der Waals surface area contributed by atoms with Crippen molar-refractivity contribution in [3.8, 4) is 0 Å². The molecule has 82 valence electrons. The number of nitrogens with one attached hydrogen (secondary N) is 1. The van der Waals surface area contributed by atoms with Crippen LogP contribution in [-0.4, -0.2) is 4.98 Å². The lowest BCUT2D eigenvalue weighted by molar-refractivity contribution is 1.14. The van der Waals surface area contributed by atoms with E-state index in [0.717, 1.165) is 22.3 Å². The molecule has 0 aliphatic carbocycles. The number of nitrogens with zero attached hydrogens (tertiary/aromatic N) is 1. The molecule has 0 atom stereocenters. The van der Waals surface area contributed by atoms with Gasteiger partial charge in [-0.05, 0) is 46.1 Å². The summed E-state index contributed by atoms with van der Waals surface area (Å²) >= 11 is 3.46. The Bertz CT molecular complexity index is 466. The maximum Gasteiger partial charge on any atom is 0.0593 e. The van der Waals surface area contributed by atoms with Gasteiger partial charge in [0, 0.05) is 18.1 Å². The van der Waals surface area contributed by atoms with E-state index in [0.29, 0.717) is 0 Å². The number of anilines is 2. The molecule has 2 nitrogen and oxygen atoms in total. The van der Waals surface area contributed by atoms with Crippen LogP contribution in [0.25, 0.3) is 0 Å². The molecule has 1 aromatic heterocycles. The molecule has 0 saturated heterocycles. The zero-order chi connectivity index (χ0) is 11.4. The zero-order valence-electron chi connectivity index (χ0n) is 9.07. The van der Waals surface area contributed by atoms with Gasteiger partial charge < -0.3 is 5.32 Å². The van der Waals surface area contributed by atoms with Crippen LogP contribution in [0.4, 0.5) is 11.4 Å². The zero-order valence-corrected chi connectivity index (χ0v) is 10.7. The average molecular weight is 277 g/mol. The van der Waals surface area contributed by atoms with Gasteiger partial charge in [-0.3, -0.25) is 4.98 Å². The molecule has 0 aliphatic heterocycles. The van der Waals surface area contributed by atoms with E-state index in [1.54, 1.807) is 12.4 Å². The van der Waals surface area contributed by atoms with E-state index in [-0.39, 0.29) is 0 Å². The first-order chi connectivity index (χ1) is 7.79. The first-order valence-corrected chi connectivity index (χ1v) is 6.04. The Balaban J connectivity index is 2.18. The molecule has 2 rings (SSSR count). The molecule has 0 radical (unpaired) electrons. The smallest absolute Gasteiger partial charge is 0.0593 e. The van der Waals surface area contributed by atoms with Crippen molar-refractivity contribution in [1.29, 1.82) is 0 Å². The summed E-state index contributed by atoms with van der Waals surface area (Å²) in [4.78, 5) is 4.03. The van der Waals surface area contributed by atoms with Gasteiger partial charge in [-0.1, -0.05) is 19.1 Å². The summed E-state index contributed by atoms with van der Waals surface area (Å²) in [6, 6.07) is 10.4. The minimum Gasteiger partial charge on any atom is -0.355 e. The number of halogens is 1. The number of pyridine rings is 1. The van der Waals surface area contributed by atoms with Gasteiger partial charge in [0.1, 0.15) is 0 Å². The summed E-state index contributed by atoms with van der Waals surface area (Å²) in [5.74, 6) is 0. The Morgan fingerprint density at radius 2 is 1.94 bits per heavy atom. The number of benzene rings is 1. The van der Waals surface area contributed by atoms with Crippen molar-refractivity contribution in [3.63, 3.8) is 0 Å². The van der Waals surface area contributed by atoms with E-state index in [1.165, 1.54) is 5.56 Å². The Labute approximate surface area is 104 Å². The number of hydrogen-bond donors (Lipinski definition) is 1. The lowest BCUT2D eigenvalue weighted by Crippen LogP contribution is -1.92. The second-order valence-electron chi connectivity index (χ2n) is 3.53. The van der Waals surface area contributed by atoms with Crippen molar-refractivity contribution < 1.29 is 0 Å². The molecule has 16 heavy (non-hydrogen) atoms. The van der Waals surface area contributed by atoms with Gasteiger partial charge in [-0.15, -0.1) is 0 Å². The lowest BCUT2D eigenvalue weighted by atomic mass is 10.1. The molecule has 0 bridgehead atoms. The highest BCUT2D eigenvalue weighted by molar-refractivity contribution is 9.10. The van der Waals surface area contributed by atoms with E-state index in [1.807, 2.05) is 6.07 Å². The van der Waals surface area contributed by atoms with Gasteiger partial charge in [0.25, 0.3) is 0 Å². The molecule has 0 spiro atoms. The molecular weight excluding hydrogens is 264 g/mol. The topological polar surface area (TPSA) is 24.9 Å². The first kappa shape index (κ1) is 11.1. The fraction of sp³-hybridized carbons (Fsp3) is 0.154. The van der Waals surface area contributed by atoms with Crippen molar-refractivity contribution in [2.24, 2.45) is 0 Å². The van der Waals surface area contributed by atoms with Crippen LogP contribution in [0.3, 0.4) is 0 Å². The highest BCUT2D eigenvalue weighted by Gasteiger charge is 1.99. The van der Waals surface area contributed by atoms with Crippen LogP contribution in [0.5, 0.6) is 0 Å². The molecular formula is C13H13BrN2. The Kier molecular flexibility index (Phi) is 3.57. The SMILES string of the molecule is CCc1ccc(Nc2ccncc2Br)cc1. The minimum absolute atomic E-state index is 0.967. The number of aryl methyl sites for hydroxylation is 1. The summed E-state index contributed by atoms with van der Waals surface area (Å²) in [7, 11) is 0. The second-order valence-corrected chi connectivity index (χ2v) is 4.39. The summed E-state index contributed by atoms with van der Waals surface area (Å²) in [6.45, 7) is 2.15. The minimum atomic E-state index is 0.967. The van der Waals surface area contributed by atoms with Crippen LogP contribution >= 0.6 is 15.9 Å². The molecule has 0 unspecified atom stereocenters. The fourth-order valence-electron chi connectivity index (χ4n) is 1.46. The van der Waals surface area contributed by atoms with Gasteiger partial charge in [-0.25, -0.2) is 0 Å². The third kappa shape index (κ3) is 2.61. The molecule has 0 fully saturated rings. The number of hydrogen-bond acceptors (Lipinski definition) is 2. The number of aromatic nitrogens is 1. The van der Waals surface area contributed by atoms with E-state index in [2.05, 4.69) is 57.4 Å². The van der Waals surface area contributed by atoms with Crippen LogP contribution in [-0.2, 0) is 6.42 Å². The quantitative estimate of drug-likeness (QED) is 0.911. The largest absolute Gasteiger partial charge is 0.355 e. The second kappa shape index (κ2) is 5.12. The van der Waals surface area contributed by atoms with Gasteiger partial charge in [0.2, 0.25) is 0 Å². The third-order valence-electron chi connectivity index (χ3n) is 2.41. The van der Waals surface area contributed by atoms with Gasteiger partial charge in [0.15, 0.2) is 0 Å². The Hall–Kier alpha value is -1.35. The van der Waals surface area contributed by atoms with E-state index in [9.17, 15) is 0 Å². The summed E-state index contributed by atoms with van der Waals surface area (Å²) < 4.78 is 0.967. The van der Waals surface area contributed by atoms with Gasteiger partial charge in [0.05, 0.1) is 10.2 Å². The molecule has 0 aliphatic rings. The highest BCUT2D eigenvalue weighted by Crippen LogP contribution is 2.24. The molecule has 0 saturated carbocycles. The summed E-state index contributed by atoms with van der Waals surface area (Å²) in [5.41, 5.74) is 3.46. The molecule has 3 heteroatoms. The summed E-state index contributed by atoms with van der Waals surface area (Å²) in [5, 5.41) is 3.34. The van der Waals surface area contributed by atoms with Crippen LogP contribution < -0.4 is 5.32 Å². The van der Waals surface area contributed by atoms with Crippen molar-refractivity contribution in [2.75, 3.05) is 5.32 Å². The Morgan fingerprint density at radius 1 is 1.19 bits per heavy atom. The molecule has 0 amide bonds. The molecule has 1 aromatic carbocycles. The maximum atomic E-state index is 4.03. The van der Waals surface area contributed by atoms with Crippen molar-refractivity contribution in [2.45, 2.75) is 13.3 Å². The van der Waals surface area contributed by atoms with Crippen LogP contribution in [0.1, 0.15) is 12.5 Å². The first-order valence-electron chi connectivity index (χ1n) is 5.25. The van der Waals surface area contributed by atoms with E-state index >= 15 is 0 Å². The Morgan fingerprint density at radius 3 is 2.56 bits per heavy atom. The van der Waals surface area contributed by atoms with Crippen LogP contribution in [0, 0.1) is 0 Å². The normalized spacial score (nSPS) is 10.1. The monoisotopic (exact) mass is 276 g/mol. The standard InChI is InChI=1S/C13H13BrN2/c1-2-10-3-5-11(6-4-10)16-13-7-8-15-9-12(13)14/h3-9H,2H2,1H3,(H,15,16). The van der Waals surface area contributed by atoms with E-state index in [4.69, 9.17) is 0 Å². The van der Waals surface area contributed by atoms with Crippen LogP contribution in [0.2, 0.25) is 0 Å². The fourth-order valence-corrected chi connectivity index (χ4v) is 1.81. The maximum absolute atomic E-state index is 4.03. The third-order valence-corrected chi connectivity index (χ3v) is 3.05. The van der Waals surface area contributed by atoms with Crippen LogP contribution in [0.15, 0.2) is 47.2 Å². The van der Waals surface area contributed by atoms with Crippen molar-refractivity contribution in [3.05, 3.63) is 52.8 Å². The molecule has 1 N–H and O–H groups in total. The predicted molar refractivity (Wildman–Crippen MR) is 71.0 cm³/mol. The van der Waals surface area contributed by atoms with Crippen molar-refractivity contribution >= 4 is 27.3 Å². The van der Waals surface area contributed by atoms with E-state index < -0.39 is 0 Å². The summed E-state index contributed by atoms with van der Waals surface area (Å²) in [6.07, 6.45) is 4.62. The van der Waals surface area contributed by atoms with Gasteiger partial charge >= 0.3 is 0 Å². The predicted octanol–water partition coefficient (Wildman–Crippen LogP) is 4.15. The number of rotatable bonds is 3. The highest BCUT2D eigenvalue weighted by atomic mass is 79.9. The molecule has 1 heterocycles. The molecule has 2 aromatic rings. The van der Waals surface area contributed by atoms with Gasteiger partial charge in [-0.2, -0.15) is 0 Å². The average Bonchev–Trinajstić information content (AvgIpc) is 2.33. The lowest BCUT2D eigenvalue weighted by Gasteiger charge is -2.08. The van der Waals surface area contributed by atoms with Crippen molar-refractivity contribution in [1.82, 2.24) is 4.98 Å².